The Morgan fingerprint density at radius 1 is 0.969 bits per heavy atom. The van der Waals surface area contributed by atoms with Gasteiger partial charge in [0.1, 0.15) is 5.82 Å². The summed E-state index contributed by atoms with van der Waals surface area (Å²) in [5.41, 5.74) is 1.86. The van der Waals surface area contributed by atoms with E-state index in [-0.39, 0.29) is 23.5 Å². The predicted octanol–water partition coefficient (Wildman–Crippen LogP) is 2.24. The van der Waals surface area contributed by atoms with Crippen LogP contribution in [0.5, 0.6) is 0 Å². The molecule has 2 aromatic rings. The first-order chi connectivity index (χ1) is 15.4. The number of amides is 1. The fraction of sp³-hybridized carbons (Fsp3) is 0.409. The van der Waals surface area contributed by atoms with E-state index in [4.69, 9.17) is 9.47 Å². The highest BCUT2D eigenvalue weighted by molar-refractivity contribution is 7.89. The van der Waals surface area contributed by atoms with E-state index in [9.17, 15) is 17.6 Å². The van der Waals surface area contributed by atoms with Gasteiger partial charge < -0.3 is 19.7 Å². The third kappa shape index (κ3) is 4.78. The van der Waals surface area contributed by atoms with E-state index < -0.39 is 21.7 Å². The number of morpholine rings is 2. The molecule has 8 nitrogen and oxygen atoms in total. The lowest BCUT2D eigenvalue weighted by Crippen LogP contribution is -2.41. The molecule has 0 bridgehead atoms. The van der Waals surface area contributed by atoms with Gasteiger partial charge >= 0.3 is 0 Å². The first kappa shape index (κ1) is 22.7. The maximum absolute atomic E-state index is 13.7. The maximum Gasteiger partial charge on any atom is 0.257 e. The van der Waals surface area contributed by atoms with Crippen LogP contribution in [0, 0.1) is 12.7 Å². The summed E-state index contributed by atoms with van der Waals surface area (Å²) in [6.45, 7) is 5.13. The molecule has 0 unspecified atom stereocenters. The highest BCUT2D eigenvalue weighted by Crippen LogP contribution is 2.28. The van der Waals surface area contributed by atoms with Crippen LogP contribution in [0.3, 0.4) is 0 Å². The van der Waals surface area contributed by atoms with E-state index in [1.807, 2.05) is 4.90 Å². The number of carbonyl (C=O) groups is 1. The number of halogens is 1. The van der Waals surface area contributed by atoms with Crippen molar-refractivity contribution in [2.45, 2.75) is 11.8 Å². The van der Waals surface area contributed by atoms with Crippen molar-refractivity contribution in [3.8, 4) is 0 Å². The van der Waals surface area contributed by atoms with E-state index in [0.717, 1.165) is 0 Å². The zero-order valence-corrected chi connectivity index (χ0v) is 18.7. The number of benzene rings is 2. The molecule has 1 N–H and O–H groups in total. The van der Waals surface area contributed by atoms with Crippen LogP contribution in [0.15, 0.2) is 41.3 Å². The molecule has 4 rings (SSSR count). The molecular formula is C22H26FN3O5S. The largest absolute Gasteiger partial charge is 0.379 e. The zero-order chi connectivity index (χ0) is 22.7. The molecule has 0 spiro atoms. The molecule has 172 valence electrons. The molecule has 1 amide bonds. The van der Waals surface area contributed by atoms with Gasteiger partial charge in [0.05, 0.1) is 36.9 Å². The average Bonchev–Trinajstić information content (AvgIpc) is 2.82. The van der Waals surface area contributed by atoms with Gasteiger partial charge in [-0.2, -0.15) is 4.31 Å². The second-order valence-corrected chi connectivity index (χ2v) is 9.65. The van der Waals surface area contributed by atoms with Gasteiger partial charge in [0, 0.05) is 37.6 Å². The van der Waals surface area contributed by atoms with Gasteiger partial charge in [-0.3, -0.25) is 4.79 Å². The molecular weight excluding hydrogens is 437 g/mol. The number of ether oxygens (including phenoxy) is 2. The molecule has 32 heavy (non-hydrogen) atoms. The van der Waals surface area contributed by atoms with E-state index in [1.165, 1.54) is 28.6 Å². The molecule has 2 aromatic carbocycles. The van der Waals surface area contributed by atoms with Crippen molar-refractivity contribution in [1.29, 1.82) is 0 Å². The number of rotatable bonds is 5. The number of sulfonamides is 1. The molecule has 10 heteroatoms. The summed E-state index contributed by atoms with van der Waals surface area (Å²) in [6, 6.07) is 8.73. The molecule has 2 saturated heterocycles. The topological polar surface area (TPSA) is 88.2 Å². The Hall–Kier alpha value is -2.53. The number of nitrogens with zero attached hydrogens (tertiary/aromatic N) is 2. The smallest absolute Gasteiger partial charge is 0.257 e. The number of aryl methyl sites for hydroxylation is 1. The van der Waals surface area contributed by atoms with Crippen molar-refractivity contribution in [3.05, 3.63) is 53.3 Å². The summed E-state index contributed by atoms with van der Waals surface area (Å²) in [5.74, 6) is -0.970. The summed E-state index contributed by atoms with van der Waals surface area (Å²) >= 11 is 0. The maximum atomic E-state index is 13.7. The summed E-state index contributed by atoms with van der Waals surface area (Å²) in [4.78, 5) is 15.3. The summed E-state index contributed by atoms with van der Waals surface area (Å²) < 4.78 is 52.1. The number of hydrogen-bond donors (Lipinski definition) is 1. The van der Waals surface area contributed by atoms with Gasteiger partial charge in [-0.05, 0) is 42.8 Å². The van der Waals surface area contributed by atoms with Gasteiger partial charge in [-0.15, -0.1) is 0 Å². The van der Waals surface area contributed by atoms with Crippen LogP contribution in [0.1, 0.15) is 15.9 Å². The average molecular weight is 464 g/mol. The Labute approximate surface area is 187 Å². The van der Waals surface area contributed by atoms with Crippen molar-refractivity contribution in [2.24, 2.45) is 0 Å². The quantitative estimate of drug-likeness (QED) is 0.732. The minimum absolute atomic E-state index is 0.0394. The lowest BCUT2D eigenvalue weighted by molar-refractivity contribution is 0.0730. The molecule has 0 aromatic heterocycles. The van der Waals surface area contributed by atoms with Crippen LogP contribution >= 0.6 is 0 Å². The SMILES string of the molecule is Cc1ccc(F)cc1NC(=O)c1cc(S(=O)(=O)N2CCOCC2)ccc1N1CCOCC1. The second-order valence-electron chi connectivity index (χ2n) is 7.71. The molecule has 0 atom stereocenters. The van der Waals surface area contributed by atoms with Gasteiger partial charge in [0.25, 0.3) is 5.91 Å². The monoisotopic (exact) mass is 463 g/mol. The fourth-order valence-electron chi connectivity index (χ4n) is 3.79. The lowest BCUT2D eigenvalue weighted by Gasteiger charge is -2.31. The molecule has 2 heterocycles. The van der Waals surface area contributed by atoms with Crippen molar-refractivity contribution < 1.29 is 27.1 Å². The van der Waals surface area contributed by atoms with E-state index in [1.54, 1.807) is 19.1 Å². The van der Waals surface area contributed by atoms with E-state index in [0.29, 0.717) is 56.5 Å². The van der Waals surface area contributed by atoms with E-state index in [2.05, 4.69) is 5.32 Å². The third-order valence-electron chi connectivity index (χ3n) is 5.62. The molecule has 0 saturated carbocycles. The Morgan fingerprint density at radius 2 is 1.62 bits per heavy atom. The Balaban J connectivity index is 1.72. The van der Waals surface area contributed by atoms with Crippen LogP contribution in [0.25, 0.3) is 0 Å². The molecule has 2 aliphatic heterocycles. The molecule has 0 aliphatic carbocycles. The van der Waals surface area contributed by atoms with Crippen LogP contribution < -0.4 is 10.2 Å². The van der Waals surface area contributed by atoms with Crippen LogP contribution in [-0.4, -0.2) is 71.2 Å². The first-order valence-electron chi connectivity index (χ1n) is 10.5. The first-order valence-corrected chi connectivity index (χ1v) is 11.9. The normalized spacial score (nSPS) is 17.9. The molecule has 2 aliphatic rings. The number of carbonyl (C=O) groups excluding carboxylic acids is 1. The zero-order valence-electron chi connectivity index (χ0n) is 17.8. The number of anilines is 2. The highest BCUT2D eigenvalue weighted by Gasteiger charge is 2.29. The standard InChI is InChI=1S/C22H26FN3O5S/c1-16-2-3-17(23)14-20(16)24-22(27)19-15-18(32(28,29)26-8-12-31-13-9-26)4-5-21(19)25-6-10-30-11-7-25/h2-5,14-15H,6-13H2,1H3,(H,24,27). The number of hydrogen-bond acceptors (Lipinski definition) is 6. The van der Waals surface area contributed by atoms with Crippen LogP contribution in [0.4, 0.5) is 15.8 Å². The lowest BCUT2D eigenvalue weighted by atomic mass is 10.1. The van der Waals surface area contributed by atoms with Crippen LogP contribution in [-0.2, 0) is 19.5 Å². The molecule has 2 fully saturated rings. The minimum Gasteiger partial charge on any atom is -0.379 e. The Morgan fingerprint density at radius 3 is 2.31 bits per heavy atom. The van der Waals surface area contributed by atoms with Crippen LogP contribution in [0.2, 0.25) is 0 Å². The third-order valence-corrected chi connectivity index (χ3v) is 7.51. The van der Waals surface area contributed by atoms with E-state index >= 15 is 0 Å². The minimum atomic E-state index is -3.78. The summed E-state index contributed by atoms with van der Waals surface area (Å²) in [7, 11) is -3.78. The second kappa shape index (κ2) is 9.53. The molecule has 0 radical (unpaired) electrons. The summed E-state index contributed by atoms with van der Waals surface area (Å²) in [5, 5.41) is 2.74. The Kier molecular flexibility index (Phi) is 6.75. The van der Waals surface area contributed by atoms with Crippen molar-refractivity contribution >= 4 is 27.3 Å². The highest BCUT2D eigenvalue weighted by atomic mass is 32.2. The summed E-state index contributed by atoms with van der Waals surface area (Å²) in [6.07, 6.45) is 0. The predicted molar refractivity (Wildman–Crippen MR) is 118 cm³/mol. The fourth-order valence-corrected chi connectivity index (χ4v) is 5.23. The Bertz CT molecular complexity index is 1100. The van der Waals surface area contributed by atoms with Crippen molar-refractivity contribution in [3.63, 3.8) is 0 Å². The van der Waals surface area contributed by atoms with Crippen molar-refractivity contribution in [1.82, 2.24) is 4.31 Å². The van der Waals surface area contributed by atoms with Gasteiger partial charge in [0.2, 0.25) is 10.0 Å². The van der Waals surface area contributed by atoms with Gasteiger partial charge in [0.15, 0.2) is 0 Å². The van der Waals surface area contributed by atoms with Crippen molar-refractivity contribution in [2.75, 3.05) is 62.8 Å². The van der Waals surface area contributed by atoms with Gasteiger partial charge in [-0.1, -0.05) is 6.07 Å². The van der Waals surface area contributed by atoms with Gasteiger partial charge in [-0.25, -0.2) is 12.8 Å². The number of nitrogens with one attached hydrogen (secondary N) is 1.